The van der Waals surface area contributed by atoms with Crippen molar-refractivity contribution in [2.24, 2.45) is 0 Å². The van der Waals surface area contributed by atoms with E-state index in [1.54, 1.807) is 26.0 Å². The third kappa shape index (κ3) is 3.53. The molecule has 6 nitrogen and oxygen atoms in total. The average molecular weight is 369 g/mol. The highest BCUT2D eigenvalue weighted by Gasteiger charge is 2.61. The molecule has 1 heterocycles. The van der Waals surface area contributed by atoms with E-state index in [1.807, 2.05) is 48.5 Å². The van der Waals surface area contributed by atoms with Crippen molar-refractivity contribution < 1.29 is 23.9 Å². The molecule has 1 saturated heterocycles. The number of nitrogens with zero attached hydrogens (tertiary/aromatic N) is 1. The Balaban J connectivity index is 2.09. The first kappa shape index (κ1) is 18.9. The van der Waals surface area contributed by atoms with Gasteiger partial charge in [0.25, 0.3) is 5.54 Å². The maximum absolute atomic E-state index is 13.0. The fraction of sp³-hybridized carbons (Fsp3) is 0.333. The first-order valence-corrected chi connectivity index (χ1v) is 9.05. The van der Waals surface area contributed by atoms with E-state index in [2.05, 4.69) is 0 Å². The topological polar surface area (TPSA) is 65.1 Å². The summed E-state index contributed by atoms with van der Waals surface area (Å²) < 4.78 is 10.5. The molecule has 0 amide bonds. The first-order valence-electron chi connectivity index (χ1n) is 9.05. The molecular weight excluding hydrogens is 346 g/mol. The Bertz CT molecular complexity index is 760. The zero-order valence-corrected chi connectivity index (χ0v) is 15.5. The van der Waals surface area contributed by atoms with Gasteiger partial charge in [0, 0.05) is 6.42 Å². The molecule has 0 spiro atoms. The summed E-state index contributed by atoms with van der Waals surface area (Å²) in [6.07, 6.45) is -0.385. The Morgan fingerprint density at radius 2 is 1.48 bits per heavy atom. The van der Waals surface area contributed by atoms with Crippen molar-refractivity contribution >= 4 is 17.6 Å². The minimum atomic E-state index is -1.70. The van der Waals surface area contributed by atoms with Crippen LogP contribution in [0.1, 0.15) is 31.9 Å². The van der Waals surface area contributed by atoms with E-state index in [-0.39, 0.29) is 19.6 Å². The van der Waals surface area contributed by atoms with Crippen LogP contribution in [0.5, 0.6) is 0 Å². The lowest BCUT2D eigenvalue weighted by Gasteiger charge is -2.32. The highest BCUT2D eigenvalue weighted by Crippen LogP contribution is 2.44. The normalized spacial score (nSPS) is 18.1. The summed E-state index contributed by atoms with van der Waals surface area (Å²) in [4.78, 5) is 32.1. The van der Waals surface area contributed by atoms with Crippen LogP contribution in [0.3, 0.4) is 0 Å². The third-order valence-electron chi connectivity index (χ3n) is 4.45. The Kier molecular flexibility index (Phi) is 5.76. The molecular formula is C21H23NO5. The molecule has 0 N–H and O–H groups in total. The smallest absolute Gasteiger partial charge is 0.346 e. The number of para-hydroxylation sites is 1. The van der Waals surface area contributed by atoms with Crippen molar-refractivity contribution in [1.82, 2.24) is 0 Å². The lowest BCUT2D eigenvalue weighted by Crippen LogP contribution is -2.58. The second-order valence-corrected chi connectivity index (χ2v) is 6.14. The van der Waals surface area contributed by atoms with Crippen LogP contribution in [0.15, 0.2) is 60.7 Å². The van der Waals surface area contributed by atoms with Gasteiger partial charge in [0.1, 0.15) is 6.10 Å². The van der Waals surface area contributed by atoms with Crippen LogP contribution in [0.2, 0.25) is 0 Å². The molecule has 27 heavy (non-hydrogen) atoms. The number of ether oxygens (including phenoxy) is 2. The van der Waals surface area contributed by atoms with Gasteiger partial charge in [-0.05, 0) is 31.5 Å². The van der Waals surface area contributed by atoms with Crippen molar-refractivity contribution in [3.8, 4) is 0 Å². The molecule has 1 aliphatic heterocycles. The number of hydrogen-bond donors (Lipinski definition) is 0. The number of esters is 2. The van der Waals surface area contributed by atoms with E-state index < -0.39 is 23.6 Å². The highest BCUT2D eigenvalue weighted by molar-refractivity contribution is 6.08. The maximum Gasteiger partial charge on any atom is 0.346 e. The van der Waals surface area contributed by atoms with Crippen LogP contribution in [0, 0.1) is 0 Å². The second kappa shape index (κ2) is 8.22. The summed E-state index contributed by atoms with van der Waals surface area (Å²) in [5.74, 6) is -1.35. The van der Waals surface area contributed by atoms with Gasteiger partial charge in [-0.25, -0.2) is 14.7 Å². The van der Waals surface area contributed by atoms with Crippen LogP contribution in [0.4, 0.5) is 5.69 Å². The summed E-state index contributed by atoms with van der Waals surface area (Å²) in [7, 11) is 0. The van der Waals surface area contributed by atoms with Gasteiger partial charge >= 0.3 is 11.9 Å². The van der Waals surface area contributed by atoms with Crippen molar-refractivity contribution in [2.45, 2.75) is 31.9 Å². The Labute approximate surface area is 158 Å². The Morgan fingerprint density at radius 3 is 2.00 bits per heavy atom. The van der Waals surface area contributed by atoms with Gasteiger partial charge in [-0.2, -0.15) is 0 Å². The molecule has 0 aliphatic carbocycles. The standard InChI is InChI=1S/C21H23NO5/c1-3-25-19(23)21(20(24)26-4-2)15-18(16-11-7-5-8-12-16)27-22(21)17-13-9-6-10-14-17/h5-14,18H,3-4,15H2,1-2H3. The van der Waals surface area contributed by atoms with Gasteiger partial charge in [0.15, 0.2) is 0 Å². The zero-order valence-electron chi connectivity index (χ0n) is 15.5. The number of benzene rings is 2. The number of anilines is 1. The van der Waals surface area contributed by atoms with Crippen molar-refractivity contribution in [1.29, 1.82) is 0 Å². The monoisotopic (exact) mass is 369 g/mol. The molecule has 2 aromatic rings. The van der Waals surface area contributed by atoms with Gasteiger partial charge < -0.3 is 9.47 Å². The van der Waals surface area contributed by atoms with E-state index in [0.29, 0.717) is 5.69 Å². The van der Waals surface area contributed by atoms with E-state index >= 15 is 0 Å². The first-order chi connectivity index (χ1) is 13.1. The fourth-order valence-corrected chi connectivity index (χ4v) is 3.21. The molecule has 1 unspecified atom stereocenters. The molecule has 0 saturated carbocycles. The summed E-state index contributed by atoms with van der Waals surface area (Å²) in [5.41, 5.74) is -0.251. The fourth-order valence-electron chi connectivity index (χ4n) is 3.21. The van der Waals surface area contributed by atoms with Gasteiger partial charge in [-0.1, -0.05) is 48.5 Å². The number of carbonyl (C=O) groups excluding carboxylic acids is 2. The van der Waals surface area contributed by atoms with Crippen molar-refractivity contribution in [2.75, 3.05) is 18.3 Å². The van der Waals surface area contributed by atoms with Crippen molar-refractivity contribution in [3.05, 3.63) is 66.2 Å². The van der Waals surface area contributed by atoms with Crippen LogP contribution in [-0.2, 0) is 23.9 Å². The predicted molar refractivity (Wildman–Crippen MR) is 99.8 cm³/mol. The quantitative estimate of drug-likeness (QED) is 0.574. The highest BCUT2D eigenvalue weighted by atomic mass is 16.7. The predicted octanol–water partition coefficient (Wildman–Crippen LogP) is 3.43. The summed E-state index contributed by atoms with van der Waals surface area (Å²) in [6.45, 7) is 3.71. The molecule has 1 atom stereocenters. The molecule has 0 bridgehead atoms. The van der Waals surface area contributed by atoms with Gasteiger partial charge in [0.2, 0.25) is 0 Å². The second-order valence-electron chi connectivity index (χ2n) is 6.14. The summed E-state index contributed by atoms with van der Waals surface area (Å²) in [5, 5.41) is 1.35. The molecule has 1 aliphatic rings. The average Bonchev–Trinajstić information content (AvgIpc) is 3.12. The molecule has 142 valence electrons. The number of rotatable bonds is 6. The third-order valence-corrected chi connectivity index (χ3v) is 4.45. The zero-order chi connectivity index (χ0) is 19.3. The summed E-state index contributed by atoms with van der Waals surface area (Å²) >= 11 is 0. The lowest BCUT2D eigenvalue weighted by molar-refractivity contribution is -0.165. The SMILES string of the molecule is CCOC(=O)C1(C(=O)OCC)CC(c2ccccc2)ON1c1ccccc1. The van der Waals surface area contributed by atoms with Crippen LogP contribution < -0.4 is 5.06 Å². The largest absolute Gasteiger partial charge is 0.464 e. The van der Waals surface area contributed by atoms with E-state index in [0.717, 1.165) is 5.56 Å². The van der Waals surface area contributed by atoms with Crippen LogP contribution in [0.25, 0.3) is 0 Å². The molecule has 6 heteroatoms. The minimum absolute atomic E-state index is 0.101. The van der Waals surface area contributed by atoms with Crippen LogP contribution >= 0.6 is 0 Å². The molecule has 3 rings (SSSR count). The van der Waals surface area contributed by atoms with Gasteiger partial charge in [-0.15, -0.1) is 0 Å². The van der Waals surface area contributed by atoms with Crippen molar-refractivity contribution in [3.63, 3.8) is 0 Å². The van der Waals surface area contributed by atoms with Gasteiger partial charge in [-0.3, -0.25) is 4.84 Å². The maximum atomic E-state index is 13.0. The Hall–Kier alpha value is -2.86. The van der Waals surface area contributed by atoms with Crippen LogP contribution in [-0.4, -0.2) is 30.7 Å². The van der Waals surface area contributed by atoms with E-state index in [1.165, 1.54) is 5.06 Å². The molecule has 0 radical (unpaired) electrons. The summed E-state index contributed by atoms with van der Waals surface area (Å²) in [6, 6.07) is 18.5. The number of hydroxylamine groups is 1. The molecule has 2 aromatic carbocycles. The van der Waals surface area contributed by atoms with E-state index in [9.17, 15) is 9.59 Å². The number of carbonyl (C=O) groups is 2. The molecule has 1 fully saturated rings. The minimum Gasteiger partial charge on any atom is -0.464 e. The van der Waals surface area contributed by atoms with Gasteiger partial charge in [0.05, 0.1) is 18.9 Å². The lowest BCUT2D eigenvalue weighted by atomic mass is 9.90. The number of hydrogen-bond acceptors (Lipinski definition) is 6. The molecule has 0 aromatic heterocycles. The van der Waals surface area contributed by atoms with E-state index in [4.69, 9.17) is 14.3 Å². The Morgan fingerprint density at radius 1 is 0.963 bits per heavy atom.